The fraction of sp³-hybridized carbons (Fsp3) is 0.474. The van der Waals surface area contributed by atoms with Crippen LogP contribution < -0.4 is 5.32 Å². The van der Waals surface area contributed by atoms with Crippen LogP contribution in [-0.4, -0.2) is 54.6 Å². The molecule has 0 fully saturated rings. The Morgan fingerprint density at radius 1 is 1.33 bits per heavy atom. The Morgan fingerprint density at radius 2 is 2.04 bits per heavy atom. The lowest BCUT2D eigenvalue weighted by atomic mass is 10.0. The Labute approximate surface area is 157 Å². The fourth-order valence-corrected chi connectivity index (χ4v) is 2.75. The molecule has 0 saturated heterocycles. The molecule has 0 radical (unpaired) electrons. The first-order valence-electron chi connectivity index (χ1n) is 8.57. The average molecular weight is 378 g/mol. The van der Waals surface area contributed by atoms with Crippen molar-refractivity contribution in [3.05, 3.63) is 35.5 Å². The lowest BCUT2D eigenvalue weighted by Crippen LogP contribution is -2.45. The highest BCUT2D eigenvalue weighted by molar-refractivity contribution is 5.99. The fourth-order valence-electron chi connectivity index (χ4n) is 2.75. The highest BCUT2D eigenvalue weighted by atomic mass is 16.7. The summed E-state index contributed by atoms with van der Waals surface area (Å²) < 4.78 is 15.9. The average Bonchev–Trinajstić information content (AvgIpc) is 2.97. The predicted molar refractivity (Wildman–Crippen MR) is 99.6 cm³/mol. The van der Waals surface area contributed by atoms with Crippen molar-refractivity contribution >= 4 is 23.3 Å². The number of aromatic nitrogens is 1. The van der Waals surface area contributed by atoms with Gasteiger partial charge in [0, 0.05) is 23.6 Å². The summed E-state index contributed by atoms with van der Waals surface area (Å²) in [6.07, 6.45) is -0.828. The number of benzene rings is 1. The summed E-state index contributed by atoms with van der Waals surface area (Å²) >= 11 is 0. The molecule has 0 spiro atoms. The van der Waals surface area contributed by atoms with E-state index >= 15 is 0 Å². The Balaban J connectivity index is 2.38. The Hall–Kier alpha value is -2.42. The van der Waals surface area contributed by atoms with Crippen molar-refractivity contribution in [2.24, 2.45) is 0 Å². The number of carbonyl (C=O) groups excluding carboxylic acids is 2. The zero-order valence-electron chi connectivity index (χ0n) is 15.9. The van der Waals surface area contributed by atoms with E-state index in [-0.39, 0.29) is 6.79 Å². The molecule has 8 nitrogen and oxygen atoms in total. The number of H-pyrrole nitrogens is 1. The van der Waals surface area contributed by atoms with E-state index in [4.69, 9.17) is 14.2 Å². The van der Waals surface area contributed by atoms with Gasteiger partial charge in [-0.15, -0.1) is 0 Å². The second kappa shape index (κ2) is 8.98. The highest BCUT2D eigenvalue weighted by Gasteiger charge is 2.31. The maximum atomic E-state index is 12.2. The lowest BCUT2D eigenvalue weighted by molar-refractivity contribution is -0.0919. The molecule has 0 saturated carbocycles. The van der Waals surface area contributed by atoms with Crippen LogP contribution in [0.2, 0.25) is 0 Å². The standard InChI is InChI=1S/C19H26N2O6/c1-19(2,3)27-18(24)21-15(10-23)17(26-11-25-4)16-13(9-22)12-7-5-6-8-14(12)20-16/h5-9,15,17,20,23H,10-11H2,1-4H3,(H,21,24)/t15-,17-/m0/s1. The molecule has 0 bridgehead atoms. The second-order valence-electron chi connectivity index (χ2n) is 7.04. The molecule has 0 aliphatic rings. The highest BCUT2D eigenvalue weighted by Crippen LogP contribution is 2.29. The minimum absolute atomic E-state index is 0.0924. The molecule has 2 aromatic rings. The molecule has 1 amide bonds. The van der Waals surface area contributed by atoms with E-state index in [0.717, 1.165) is 17.2 Å². The van der Waals surface area contributed by atoms with Gasteiger partial charge in [0.2, 0.25) is 0 Å². The summed E-state index contributed by atoms with van der Waals surface area (Å²) in [5, 5.41) is 13.2. The maximum absolute atomic E-state index is 12.2. The van der Waals surface area contributed by atoms with E-state index < -0.39 is 30.4 Å². The van der Waals surface area contributed by atoms with Gasteiger partial charge in [-0.3, -0.25) is 4.79 Å². The van der Waals surface area contributed by atoms with Crippen molar-refractivity contribution in [1.82, 2.24) is 10.3 Å². The summed E-state index contributed by atoms with van der Waals surface area (Å²) in [6, 6.07) is 6.43. The normalized spacial score (nSPS) is 14.0. The number of aliphatic hydroxyl groups is 1. The summed E-state index contributed by atoms with van der Waals surface area (Å²) in [6.45, 7) is 4.69. The quantitative estimate of drug-likeness (QED) is 0.481. The number of rotatable bonds is 8. The number of aliphatic hydroxyl groups excluding tert-OH is 1. The van der Waals surface area contributed by atoms with Crippen LogP contribution in [0.5, 0.6) is 0 Å². The van der Waals surface area contributed by atoms with Gasteiger partial charge in [-0.1, -0.05) is 18.2 Å². The number of nitrogens with one attached hydrogen (secondary N) is 2. The van der Waals surface area contributed by atoms with Gasteiger partial charge in [-0.25, -0.2) is 4.79 Å². The molecule has 3 N–H and O–H groups in total. The Kier molecular flexibility index (Phi) is 6.95. The van der Waals surface area contributed by atoms with Gasteiger partial charge in [-0.2, -0.15) is 0 Å². The number of para-hydroxylation sites is 1. The number of hydrogen-bond acceptors (Lipinski definition) is 6. The molecule has 0 unspecified atom stereocenters. The van der Waals surface area contributed by atoms with Crippen LogP contribution in [0.25, 0.3) is 10.9 Å². The van der Waals surface area contributed by atoms with Gasteiger partial charge in [0.1, 0.15) is 18.5 Å². The number of alkyl carbamates (subject to hydrolysis) is 1. The molecule has 2 rings (SSSR count). The third-order valence-corrected chi connectivity index (χ3v) is 3.81. The smallest absolute Gasteiger partial charge is 0.408 e. The molecule has 1 heterocycles. The predicted octanol–water partition coefficient (Wildman–Crippen LogP) is 2.53. The van der Waals surface area contributed by atoms with Crippen molar-refractivity contribution in [2.75, 3.05) is 20.5 Å². The molecule has 1 aromatic carbocycles. The monoisotopic (exact) mass is 378 g/mol. The topological polar surface area (TPSA) is 110 Å². The molecule has 27 heavy (non-hydrogen) atoms. The van der Waals surface area contributed by atoms with Crippen molar-refractivity contribution in [3.8, 4) is 0 Å². The van der Waals surface area contributed by atoms with Crippen LogP contribution in [0, 0.1) is 0 Å². The lowest BCUT2D eigenvalue weighted by Gasteiger charge is -2.28. The van der Waals surface area contributed by atoms with Gasteiger partial charge in [0.25, 0.3) is 0 Å². The number of aldehydes is 1. The number of fused-ring (bicyclic) bond motifs is 1. The molecule has 8 heteroatoms. The number of hydrogen-bond donors (Lipinski definition) is 3. The summed E-state index contributed by atoms with van der Waals surface area (Å²) in [4.78, 5) is 27.0. The minimum Gasteiger partial charge on any atom is -0.444 e. The van der Waals surface area contributed by atoms with E-state index in [0.29, 0.717) is 11.3 Å². The number of ether oxygens (including phenoxy) is 3. The van der Waals surface area contributed by atoms with Crippen LogP contribution in [0.15, 0.2) is 24.3 Å². The number of carbonyl (C=O) groups is 2. The third kappa shape index (κ3) is 5.29. The molecular weight excluding hydrogens is 352 g/mol. The van der Waals surface area contributed by atoms with Crippen LogP contribution >= 0.6 is 0 Å². The van der Waals surface area contributed by atoms with Crippen LogP contribution in [0.1, 0.15) is 42.9 Å². The van der Waals surface area contributed by atoms with Crippen molar-refractivity contribution in [2.45, 2.75) is 38.5 Å². The number of aromatic amines is 1. The zero-order valence-corrected chi connectivity index (χ0v) is 15.9. The SMILES string of the molecule is COCO[C@H](c1[nH]c2ccccc2c1C=O)[C@H](CO)NC(=O)OC(C)(C)C. The van der Waals surface area contributed by atoms with Crippen LogP contribution in [0.3, 0.4) is 0 Å². The van der Waals surface area contributed by atoms with Gasteiger partial charge in [0.15, 0.2) is 6.29 Å². The Morgan fingerprint density at radius 3 is 2.63 bits per heavy atom. The third-order valence-electron chi connectivity index (χ3n) is 3.81. The molecule has 0 aliphatic heterocycles. The van der Waals surface area contributed by atoms with Crippen molar-refractivity contribution in [1.29, 1.82) is 0 Å². The van der Waals surface area contributed by atoms with E-state index in [1.54, 1.807) is 20.8 Å². The molecule has 0 aliphatic carbocycles. The van der Waals surface area contributed by atoms with E-state index in [1.165, 1.54) is 7.11 Å². The number of methoxy groups -OCH3 is 1. The molecule has 2 atom stereocenters. The first-order valence-corrected chi connectivity index (χ1v) is 8.57. The van der Waals surface area contributed by atoms with E-state index in [9.17, 15) is 14.7 Å². The first kappa shape index (κ1) is 20.9. The molecule has 148 valence electrons. The summed E-state index contributed by atoms with van der Waals surface area (Å²) in [5.74, 6) is 0. The van der Waals surface area contributed by atoms with Crippen molar-refractivity contribution < 1.29 is 28.9 Å². The largest absolute Gasteiger partial charge is 0.444 e. The van der Waals surface area contributed by atoms with Gasteiger partial charge in [-0.05, 0) is 26.8 Å². The first-order chi connectivity index (χ1) is 12.8. The van der Waals surface area contributed by atoms with E-state index in [1.807, 2.05) is 24.3 Å². The Bertz CT molecular complexity index is 780. The van der Waals surface area contributed by atoms with Crippen LogP contribution in [0.4, 0.5) is 4.79 Å². The van der Waals surface area contributed by atoms with Gasteiger partial charge in [0.05, 0.1) is 18.3 Å². The van der Waals surface area contributed by atoms with Gasteiger partial charge >= 0.3 is 6.09 Å². The summed E-state index contributed by atoms with van der Waals surface area (Å²) in [5.41, 5.74) is 0.895. The van der Waals surface area contributed by atoms with Gasteiger partial charge < -0.3 is 29.6 Å². The summed E-state index contributed by atoms with van der Waals surface area (Å²) in [7, 11) is 1.46. The second-order valence-corrected chi connectivity index (χ2v) is 7.04. The number of amides is 1. The molecule has 1 aromatic heterocycles. The van der Waals surface area contributed by atoms with Crippen molar-refractivity contribution in [3.63, 3.8) is 0 Å². The van der Waals surface area contributed by atoms with Crippen LogP contribution in [-0.2, 0) is 14.2 Å². The van der Waals surface area contributed by atoms with E-state index in [2.05, 4.69) is 10.3 Å². The maximum Gasteiger partial charge on any atom is 0.408 e. The minimum atomic E-state index is -0.859. The molecular formula is C19H26N2O6. The zero-order chi connectivity index (χ0) is 20.0.